The highest BCUT2D eigenvalue weighted by Crippen LogP contribution is 2.28. The fourth-order valence-corrected chi connectivity index (χ4v) is 3.62. The van der Waals surface area contributed by atoms with E-state index < -0.39 is 0 Å². The molecule has 1 amide bonds. The maximum atomic E-state index is 12.6. The third-order valence-corrected chi connectivity index (χ3v) is 5.24. The summed E-state index contributed by atoms with van der Waals surface area (Å²) < 4.78 is 12.5. The lowest BCUT2D eigenvalue weighted by molar-refractivity contribution is -0.115. The van der Waals surface area contributed by atoms with Crippen LogP contribution in [-0.2, 0) is 16.1 Å². The van der Waals surface area contributed by atoms with E-state index in [0.717, 1.165) is 27.6 Å². The van der Waals surface area contributed by atoms with Crippen LogP contribution in [0.1, 0.15) is 6.92 Å². The summed E-state index contributed by atoms with van der Waals surface area (Å²) in [5.41, 5.74) is 2.69. The number of thioether (sulfide) groups is 1. The van der Waals surface area contributed by atoms with Gasteiger partial charge in [-0.2, -0.15) is 0 Å². The van der Waals surface area contributed by atoms with Crippen LogP contribution in [0, 0.1) is 0 Å². The van der Waals surface area contributed by atoms with E-state index in [2.05, 4.69) is 9.88 Å². The van der Waals surface area contributed by atoms with E-state index in [1.807, 2.05) is 55.5 Å². The molecule has 0 fully saturated rings. The summed E-state index contributed by atoms with van der Waals surface area (Å²) in [5, 5.41) is 3.44. The Morgan fingerprint density at radius 3 is 2.63 bits per heavy atom. The number of carbonyl (C=O) groups excluding carboxylic acids is 1. The molecule has 1 atom stereocenters. The number of rotatable bonds is 8. The van der Waals surface area contributed by atoms with Crippen molar-refractivity contribution in [3.05, 3.63) is 48.5 Å². The van der Waals surface area contributed by atoms with Crippen molar-refractivity contribution >= 4 is 34.4 Å². The minimum atomic E-state index is -0.301. The van der Waals surface area contributed by atoms with Crippen LogP contribution in [-0.4, -0.2) is 41.5 Å². The SMILES string of the molecule is COCCn1c(SC(C)C(=O)Nc2ccc(OC)cc2)nc2ccccc21. The van der Waals surface area contributed by atoms with Crippen LogP contribution in [0.5, 0.6) is 5.75 Å². The molecule has 0 bridgehead atoms. The van der Waals surface area contributed by atoms with Gasteiger partial charge in [0, 0.05) is 19.3 Å². The van der Waals surface area contributed by atoms with Gasteiger partial charge in [-0.05, 0) is 43.3 Å². The van der Waals surface area contributed by atoms with Crippen molar-refractivity contribution in [3.63, 3.8) is 0 Å². The molecule has 0 spiro atoms. The van der Waals surface area contributed by atoms with Crippen LogP contribution in [0.3, 0.4) is 0 Å². The molecule has 0 aliphatic carbocycles. The summed E-state index contributed by atoms with van der Waals surface area (Å²) in [6, 6.07) is 15.2. The second kappa shape index (κ2) is 8.92. The average molecular weight is 385 g/mol. The highest BCUT2D eigenvalue weighted by molar-refractivity contribution is 8.00. The summed E-state index contributed by atoms with van der Waals surface area (Å²) in [7, 11) is 3.29. The number of hydrogen-bond donors (Lipinski definition) is 1. The number of fused-ring (bicyclic) bond motifs is 1. The molecule has 7 heteroatoms. The second-order valence-electron chi connectivity index (χ2n) is 6.01. The van der Waals surface area contributed by atoms with Gasteiger partial charge in [-0.15, -0.1) is 0 Å². The highest BCUT2D eigenvalue weighted by Gasteiger charge is 2.19. The molecule has 3 aromatic rings. The van der Waals surface area contributed by atoms with Crippen LogP contribution < -0.4 is 10.1 Å². The van der Waals surface area contributed by atoms with E-state index in [0.29, 0.717) is 13.2 Å². The zero-order valence-corrected chi connectivity index (χ0v) is 16.5. The number of anilines is 1. The highest BCUT2D eigenvalue weighted by atomic mass is 32.2. The minimum Gasteiger partial charge on any atom is -0.497 e. The van der Waals surface area contributed by atoms with Gasteiger partial charge >= 0.3 is 0 Å². The number of hydrogen-bond acceptors (Lipinski definition) is 5. The molecule has 2 aromatic carbocycles. The maximum absolute atomic E-state index is 12.6. The quantitative estimate of drug-likeness (QED) is 0.597. The summed E-state index contributed by atoms with van der Waals surface area (Å²) in [5.74, 6) is 0.679. The molecule has 0 aliphatic heterocycles. The first-order valence-electron chi connectivity index (χ1n) is 8.68. The van der Waals surface area contributed by atoms with Crippen molar-refractivity contribution in [3.8, 4) is 5.75 Å². The Labute approximate surface area is 162 Å². The fraction of sp³-hybridized carbons (Fsp3) is 0.300. The Balaban J connectivity index is 1.74. The van der Waals surface area contributed by atoms with E-state index in [-0.39, 0.29) is 11.2 Å². The molecular weight excluding hydrogens is 362 g/mol. The third kappa shape index (κ3) is 4.61. The zero-order chi connectivity index (χ0) is 19.2. The summed E-state index contributed by atoms with van der Waals surface area (Å²) in [6.07, 6.45) is 0. The van der Waals surface area contributed by atoms with Crippen LogP contribution in [0.15, 0.2) is 53.7 Å². The van der Waals surface area contributed by atoms with Crippen LogP contribution in [0.4, 0.5) is 5.69 Å². The molecule has 0 saturated heterocycles. The second-order valence-corrected chi connectivity index (χ2v) is 7.31. The topological polar surface area (TPSA) is 65.4 Å². The molecule has 1 heterocycles. The Hall–Kier alpha value is -2.51. The average Bonchev–Trinajstić information content (AvgIpc) is 3.03. The number of imidazole rings is 1. The van der Waals surface area contributed by atoms with Crippen molar-refractivity contribution in [1.82, 2.24) is 9.55 Å². The normalized spacial score (nSPS) is 12.1. The number of nitrogens with zero attached hydrogens (tertiary/aromatic N) is 2. The van der Waals surface area contributed by atoms with Gasteiger partial charge in [-0.1, -0.05) is 23.9 Å². The summed E-state index contributed by atoms with van der Waals surface area (Å²) >= 11 is 1.44. The van der Waals surface area contributed by atoms with Crippen LogP contribution in [0.25, 0.3) is 11.0 Å². The molecule has 27 heavy (non-hydrogen) atoms. The van der Waals surface area contributed by atoms with Crippen molar-refractivity contribution < 1.29 is 14.3 Å². The van der Waals surface area contributed by atoms with E-state index in [4.69, 9.17) is 14.5 Å². The molecule has 1 aromatic heterocycles. The lowest BCUT2D eigenvalue weighted by atomic mass is 10.3. The Kier molecular flexibility index (Phi) is 6.36. The smallest absolute Gasteiger partial charge is 0.237 e. The summed E-state index contributed by atoms with van der Waals surface area (Å²) in [6.45, 7) is 3.15. The predicted octanol–water partition coefficient (Wildman–Crippen LogP) is 3.81. The van der Waals surface area contributed by atoms with Gasteiger partial charge in [-0.3, -0.25) is 4.79 Å². The monoisotopic (exact) mass is 385 g/mol. The van der Waals surface area contributed by atoms with E-state index in [1.165, 1.54) is 11.8 Å². The molecule has 1 N–H and O–H groups in total. The number of ether oxygens (including phenoxy) is 2. The van der Waals surface area contributed by atoms with E-state index in [9.17, 15) is 4.79 Å². The van der Waals surface area contributed by atoms with Gasteiger partial charge in [0.15, 0.2) is 5.16 Å². The molecule has 1 unspecified atom stereocenters. The predicted molar refractivity (Wildman–Crippen MR) is 109 cm³/mol. The fourth-order valence-electron chi connectivity index (χ4n) is 2.67. The Morgan fingerprint density at radius 2 is 1.93 bits per heavy atom. The number of nitrogens with one attached hydrogen (secondary N) is 1. The number of amides is 1. The lowest BCUT2D eigenvalue weighted by Gasteiger charge is -2.13. The molecule has 0 saturated carbocycles. The standard InChI is InChI=1S/C20H23N3O3S/c1-14(19(24)21-15-8-10-16(26-3)11-9-15)27-20-22-17-6-4-5-7-18(17)23(20)12-13-25-2/h4-11,14H,12-13H2,1-3H3,(H,21,24). The number of aromatic nitrogens is 2. The molecule has 3 rings (SSSR count). The van der Waals surface area contributed by atoms with Crippen molar-refractivity contribution in [2.45, 2.75) is 23.9 Å². The van der Waals surface area contributed by atoms with Crippen LogP contribution >= 0.6 is 11.8 Å². The van der Waals surface area contributed by atoms with Gasteiger partial charge in [0.1, 0.15) is 5.75 Å². The van der Waals surface area contributed by atoms with Crippen molar-refractivity contribution in [2.75, 3.05) is 26.1 Å². The van der Waals surface area contributed by atoms with Crippen LogP contribution in [0.2, 0.25) is 0 Å². The number of carbonyl (C=O) groups is 1. The zero-order valence-electron chi connectivity index (χ0n) is 15.6. The van der Waals surface area contributed by atoms with Crippen molar-refractivity contribution in [1.29, 1.82) is 0 Å². The van der Waals surface area contributed by atoms with Gasteiger partial charge in [0.25, 0.3) is 0 Å². The van der Waals surface area contributed by atoms with Crippen molar-refractivity contribution in [2.24, 2.45) is 0 Å². The third-order valence-electron chi connectivity index (χ3n) is 4.15. The number of benzene rings is 2. The molecule has 0 radical (unpaired) electrons. The minimum absolute atomic E-state index is 0.0736. The van der Waals surface area contributed by atoms with E-state index in [1.54, 1.807) is 14.2 Å². The first-order chi connectivity index (χ1) is 13.1. The summed E-state index contributed by atoms with van der Waals surface area (Å²) in [4.78, 5) is 17.3. The van der Waals surface area contributed by atoms with Gasteiger partial charge in [0.05, 0.1) is 30.0 Å². The first kappa shape index (κ1) is 19.3. The molecular formula is C20H23N3O3S. The molecule has 0 aliphatic rings. The maximum Gasteiger partial charge on any atom is 0.237 e. The Morgan fingerprint density at radius 1 is 1.19 bits per heavy atom. The van der Waals surface area contributed by atoms with Gasteiger partial charge in [0.2, 0.25) is 5.91 Å². The molecule has 6 nitrogen and oxygen atoms in total. The van der Waals surface area contributed by atoms with Gasteiger partial charge < -0.3 is 19.4 Å². The molecule has 142 valence electrons. The number of methoxy groups -OCH3 is 2. The Bertz CT molecular complexity index is 908. The lowest BCUT2D eigenvalue weighted by Crippen LogP contribution is -2.23. The first-order valence-corrected chi connectivity index (χ1v) is 9.56. The van der Waals surface area contributed by atoms with Gasteiger partial charge in [-0.25, -0.2) is 4.98 Å². The number of para-hydroxylation sites is 2. The van der Waals surface area contributed by atoms with E-state index >= 15 is 0 Å². The largest absolute Gasteiger partial charge is 0.497 e.